The number of rotatable bonds is 6. The molecule has 8 heteroatoms. The van der Waals surface area contributed by atoms with E-state index >= 15 is 0 Å². The van der Waals surface area contributed by atoms with Gasteiger partial charge < -0.3 is 9.73 Å². The van der Waals surface area contributed by atoms with Crippen LogP contribution in [-0.2, 0) is 4.79 Å². The third kappa shape index (κ3) is 4.58. The van der Waals surface area contributed by atoms with E-state index in [9.17, 15) is 9.59 Å². The average Bonchev–Trinajstić information content (AvgIpc) is 2.98. The van der Waals surface area contributed by atoms with Gasteiger partial charge in [-0.15, -0.1) is 0 Å². The van der Waals surface area contributed by atoms with Crippen LogP contribution >= 0.6 is 0 Å². The van der Waals surface area contributed by atoms with Gasteiger partial charge in [0.1, 0.15) is 0 Å². The lowest BCUT2D eigenvalue weighted by molar-refractivity contribution is -0.120. The van der Waals surface area contributed by atoms with Gasteiger partial charge >= 0.3 is 0 Å². The third-order valence-electron chi connectivity index (χ3n) is 2.68. The summed E-state index contributed by atoms with van der Waals surface area (Å²) >= 11 is 0. The number of nitrogens with zero attached hydrogens (tertiary/aromatic N) is 2. The standard InChI is InChI=1S/C14H17N5O3/c1-9-8-10(2)17-14(16-9)19-18-12(20)5-6-15-13(21)11-4-3-7-22-11/h3-4,7-8H,5-6H2,1-2H3,(H,15,21)(H,18,20)(H,16,17,19). The topological polar surface area (TPSA) is 109 Å². The fourth-order valence-corrected chi connectivity index (χ4v) is 1.75. The first kappa shape index (κ1) is 15.5. The molecule has 0 unspecified atom stereocenters. The zero-order valence-corrected chi connectivity index (χ0v) is 12.3. The van der Waals surface area contributed by atoms with Gasteiger partial charge in [0.15, 0.2) is 5.76 Å². The van der Waals surface area contributed by atoms with Crippen molar-refractivity contribution in [3.8, 4) is 0 Å². The van der Waals surface area contributed by atoms with Gasteiger partial charge in [-0.25, -0.2) is 9.97 Å². The normalized spacial score (nSPS) is 10.1. The summed E-state index contributed by atoms with van der Waals surface area (Å²) in [6.07, 6.45) is 1.53. The van der Waals surface area contributed by atoms with Crippen LogP contribution in [-0.4, -0.2) is 28.3 Å². The molecule has 0 aliphatic carbocycles. The SMILES string of the molecule is Cc1cc(C)nc(NNC(=O)CCNC(=O)c2ccco2)n1. The van der Waals surface area contributed by atoms with Crippen LogP contribution < -0.4 is 16.2 Å². The van der Waals surface area contributed by atoms with Crippen molar-refractivity contribution in [2.45, 2.75) is 20.3 Å². The molecule has 0 aliphatic heterocycles. The molecule has 2 heterocycles. The van der Waals surface area contributed by atoms with E-state index in [1.807, 2.05) is 19.9 Å². The summed E-state index contributed by atoms with van der Waals surface area (Å²) < 4.78 is 4.94. The van der Waals surface area contributed by atoms with Crippen molar-refractivity contribution in [1.29, 1.82) is 0 Å². The Hall–Kier alpha value is -2.90. The number of carbonyl (C=O) groups excluding carboxylic acids is 2. The summed E-state index contributed by atoms with van der Waals surface area (Å²) in [5.74, 6) is -0.112. The second kappa shape index (κ2) is 7.21. The molecule has 8 nitrogen and oxygen atoms in total. The van der Waals surface area contributed by atoms with Crippen molar-refractivity contribution in [1.82, 2.24) is 20.7 Å². The number of carbonyl (C=O) groups is 2. The maximum Gasteiger partial charge on any atom is 0.286 e. The highest BCUT2D eigenvalue weighted by atomic mass is 16.3. The number of anilines is 1. The summed E-state index contributed by atoms with van der Waals surface area (Å²) in [5, 5.41) is 2.58. The zero-order chi connectivity index (χ0) is 15.9. The Balaban J connectivity index is 1.71. The largest absolute Gasteiger partial charge is 0.459 e. The van der Waals surface area contributed by atoms with Crippen molar-refractivity contribution in [2.24, 2.45) is 0 Å². The van der Waals surface area contributed by atoms with Crippen LogP contribution in [0.5, 0.6) is 0 Å². The Morgan fingerprint density at radius 1 is 1.23 bits per heavy atom. The van der Waals surface area contributed by atoms with E-state index in [4.69, 9.17) is 4.42 Å². The molecule has 0 saturated carbocycles. The second-order valence-corrected chi connectivity index (χ2v) is 4.63. The zero-order valence-electron chi connectivity index (χ0n) is 12.3. The fraction of sp³-hybridized carbons (Fsp3) is 0.286. The van der Waals surface area contributed by atoms with Crippen LogP contribution in [0.3, 0.4) is 0 Å². The molecule has 0 aromatic carbocycles. The van der Waals surface area contributed by atoms with E-state index in [2.05, 4.69) is 26.1 Å². The first-order valence-electron chi connectivity index (χ1n) is 6.73. The number of hydrazine groups is 1. The Kier molecular flexibility index (Phi) is 5.07. The Morgan fingerprint density at radius 2 is 1.95 bits per heavy atom. The van der Waals surface area contributed by atoms with Crippen LogP contribution in [0, 0.1) is 13.8 Å². The monoisotopic (exact) mass is 303 g/mol. The molecule has 0 saturated heterocycles. The molecule has 2 amide bonds. The predicted octanol–water partition coefficient (Wildman–Crippen LogP) is 0.950. The molecule has 0 fully saturated rings. The minimum absolute atomic E-state index is 0.115. The molecule has 2 aromatic heterocycles. The molecular formula is C14H17N5O3. The second-order valence-electron chi connectivity index (χ2n) is 4.63. The van der Waals surface area contributed by atoms with Crippen LogP contribution in [0.15, 0.2) is 28.9 Å². The lowest BCUT2D eigenvalue weighted by Gasteiger charge is -2.08. The Labute approximate surface area is 127 Å². The summed E-state index contributed by atoms with van der Waals surface area (Å²) in [4.78, 5) is 31.5. The average molecular weight is 303 g/mol. The molecule has 0 aliphatic rings. The number of hydrogen-bond acceptors (Lipinski definition) is 6. The van der Waals surface area contributed by atoms with Gasteiger partial charge in [-0.1, -0.05) is 0 Å². The van der Waals surface area contributed by atoms with Gasteiger partial charge in [0.25, 0.3) is 5.91 Å². The number of nitrogens with one attached hydrogen (secondary N) is 3. The Morgan fingerprint density at radius 3 is 2.59 bits per heavy atom. The van der Waals surface area contributed by atoms with E-state index in [1.54, 1.807) is 12.1 Å². The van der Waals surface area contributed by atoms with Gasteiger partial charge in [0.05, 0.1) is 6.26 Å². The van der Waals surface area contributed by atoms with Gasteiger partial charge in [-0.05, 0) is 32.0 Å². The number of aromatic nitrogens is 2. The summed E-state index contributed by atoms with van der Waals surface area (Å²) in [5.41, 5.74) is 6.71. The van der Waals surface area contributed by atoms with E-state index < -0.39 is 0 Å². The van der Waals surface area contributed by atoms with Crippen LogP contribution in [0.4, 0.5) is 5.95 Å². The van der Waals surface area contributed by atoms with Gasteiger partial charge in [-0.3, -0.25) is 20.4 Å². The van der Waals surface area contributed by atoms with Crippen molar-refractivity contribution in [3.05, 3.63) is 41.6 Å². The van der Waals surface area contributed by atoms with Crippen LogP contribution in [0.1, 0.15) is 28.4 Å². The lowest BCUT2D eigenvalue weighted by atomic mass is 10.3. The number of hydrogen-bond donors (Lipinski definition) is 3. The number of amides is 2. The molecule has 116 valence electrons. The maximum atomic E-state index is 11.7. The molecule has 0 bridgehead atoms. The van der Waals surface area contributed by atoms with Crippen molar-refractivity contribution >= 4 is 17.8 Å². The van der Waals surface area contributed by atoms with E-state index in [0.29, 0.717) is 5.95 Å². The highest BCUT2D eigenvalue weighted by Gasteiger charge is 2.09. The molecule has 2 rings (SSSR count). The summed E-state index contributed by atoms with van der Waals surface area (Å²) in [6.45, 7) is 3.87. The van der Waals surface area contributed by atoms with E-state index in [1.165, 1.54) is 6.26 Å². The smallest absolute Gasteiger partial charge is 0.286 e. The van der Waals surface area contributed by atoms with Crippen LogP contribution in [0.2, 0.25) is 0 Å². The van der Waals surface area contributed by atoms with E-state index in [-0.39, 0.29) is 30.5 Å². The number of furan rings is 1. The summed E-state index contributed by atoms with van der Waals surface area (Å²) in [7, 11) is 0. The predicted molar refractivity (Wildman–Crippen MR) is 78.9 cm³/mol. The first-order chi connectivity index (χ1) is 10.5. The van der Waals surface area contributed by atoms with Crippen molar-refractivity contribution < 1.29 is 14.0 Å². The first-order valence-corrected chi connectivity index (χ1v) is 6.73. The minimum atomic E-state index is -0.358. The van der Waals surface area contributed by atoms with Crippen LogP contribution in [0.25, 0.3) is 0 Å². The molecule has 0 atom stereocenters. The quantitative estimate of drug-likeness (QED) is 0.685. The molecule has 0 radical (unpaired) electrons. The minimum Gasteiger partial charge on any atom is -0.459 e. The van der Waals surface area contributed by atoms with Crippen molar-refractivity contribution in [3.63, 3.8) is 0 Å². The van der Waals surface area contributed by atoms with Gasteiger partial charge in [0.2, 0.25) is 11.9 Å². The van der Waals surface area contributed by atoms with E-state index in [0.717, 1.165) is 11.4 Å². The molecule has 22 heavy (non-hydrogen) atoms. The third-order valence-corrected chi connectivity index (χ3v) is 2.68. The molecule has 3 N–H and O–H groups in total. The van der Waals surface area contributed by atoms with Gasteiger partial charge in [-0.2, -0.15) is 0 Å². The lowest BCUT2D eigenvalue weighted by Crippen LogP contribution is -2.34. The highest BCUT2D eigenvalue weighted by molar-refractivity contribution is 5.91. The molecular weight excluding hydrogens is 286 g/mol. The number of aryl methyl sites for hydroxylation is 2. The summed E-state index contributed by atoms with van der Waals surface area (Å²) in [6, 6.07) is 5.00. The van der Waals surface area contributed by atoms with Crippen molar-refractivity contribution in [2.75, 3.05) is 12.0 Å². The maximum absolute atomic E-state index is 11.7. The molecule has 2 aromatic rings. The fourth-order valence-electron chi connectivity index (χ4n) is 1.75. The Bertz CT molecular complexity index is 634. The van der Waals surface area contributed by atoms with Gasteiger partial charge in [0, 0.05) is 24.4 Å². The molecule has 0 spiro atoms. The highest BCUT2D eigenvalue weighted by Crippen LogP contribution is 2.02.